The van der Waals surface area contributed by atoms with Gasteiger partial charge in [-0.1, -0.05) is 19.1 Å². The zero-order valence-electron chi connectivity index (χ0n) is 7.06. The fourth-order valence-corrected chi connectivity index (χ4v) is 1.06. The molecule has 3 heteroatoms. The molecule has 0 aliphatic rings. The minimum atomic E-state index is -4.23. The average molecular weight is 187 g/mol. The first-order valence-corrected chi connectivity index (χ1v) is 3.99. The number of rotatable bonds is 2. The quantitative estimate of drug-likeness (QED) is 0.665. The maximum atomic E-state index is 12.1. The molecule has 13 heavy (non-hydrogen) atoms. The molecule has 0 saturated heterocycles. The van der Waals surface area contributed by atoms with E-state index in [1.807, 2.05) is 0 Å². The molecule has 71 valence electrons. The SMILES string of the molecule is [CH2]CCc1ccc(C(F)(F)F)cc1. The molecule has 0 unspecified atom stereocenters. The van der Waals surface area contributed by atoms with Gasteiger partial charge in [-0.15, -0.1) is 0 Å². The molecule has 0 aromatic heterocycles. The van der Waals surface area contributed by atoms with E-state index in [-0.39, 0.29) is 0 Å². The Morgan fingerprint density at radius 1 is 1.08 bits per heavy atom. The van der Waals surface area contributed by atoms with E-state index in [9.17, 15) is 13.2 Å². The molecule has 0 aliphatic heterocycles. The third-order valence-electron chi connectivity index (χ3n) is 1.75. The van der Waals surface area contributed by atoms with Crippen LogP contribution in [-0.4, -0.2) is 0 Å². The molecule has 0 N–H and O–H groups in total. The summed E-state index contributed by atoms with van der Waals surface area (Å²) in [4.78, 5) is 0. The van der Waals surface area contributed by atoms with Gasteiger partial charge in [0.1, 0.15) is 0 Å². The third kappa shape index (κ3) is 2.76. The maximum Gasteiger partial charge on any atom is 0.416 e. The third-order valence-corrected chi connectivity index (χ3v) is 1.75. The second-order valence-electron chi connectivity index (χ2n) is 2.80. The minimum absolute atomic E-state index is 0.597. The van der Waals surface area contributed by atoms with Gasteiger partial charge in [-0.25, -0.2) is 0 Å². The highest BCUT2D eigenvalue weighted by Crippen LogP contribution is 2.29. The summed E-state index contributed by atoms with van der Waals surface area (Å²) < 4.78 is 36.3. The Hall–Kier alpha value is -0.990. The summed E-state index contributed by atoms with van der Waals surface area (Å²) in [5.41, 5.74) is 0.295. The number of aryl methyl sites for hydroxylation is 1. The van der Waals surface area contributed by atoms with Crippen LogP contribution in [0.15, 0.2) is 24.3 Å². The largest absolute Gasteiger partial charge is 0.416 e. The summed E-state index contributed by atoms with van der Waals surface area (Å²) in [7, 11) is 0. The molecule has 1 rings (SSSR count). The second-order valence-corrected chi connectivity index (χ2v) is 2.80. The van der Waals surface area contributed by atoms with Crippen molar-refractivity contribution in [3.8, 4) is 0 Å². The molecular weight excluding hydrogens is 177 g/mol. The highest BCUT2D eigenvalue weighted by atomic mass is 19.4. The fraction of sp³-hybridized carbons (Fsp3) is 0.300. The molecular formula is C10H10F3. The van der Waals surface area contributed by atoms with Crippen LogP contribution in [0.25, 0.3) is 0 Å². The Kier molecular flexibility index (Phi) is 2.96. The lowest BCUT2D eigenvalue weighted by molar-refractivity contribution is -0.137. The van der Waals surface area contributed by atoms with Gasteiger partial charge in [-0.05, 0) is 30.5 Å². The van der Waals surface area contributed by atoms with Crippen LogP contribution >= 0.6 is 0 Å². The van der Waals surface area contributed by atoms with E-state index >= 15 is 0 Å². The Morgan fingerprint density at radius 2 is 1.62 bits per heavy atom. The predicted octanol–water partition coefficient (Wildman–Crippen LogP) is 3.47. The van der Waals surface area contributed by atoms with E-state index in [1.54, 1.807) is 0 Å². The van der Waals surface area contributed by atoms with Gasteiger partial charge in [0.15, 0.2) is 0 Å². The van der Waals surface area contributed by atoms with Crippen molar-refractivity contribution in [1.82, 2.24) is 0 Å². The van der Waals surface area contributed by atoms with E-state index < -0.39 is 11.7 Å². The summed E-state index contributed by atoms with van der Waals surface area (Å²) in [6.45, 7) is 3.63. The monoisotopic (exact) mass is 187 g/mol. The van der Waals surface area contributed by atoms with Crippen LogP contribution < -0.4 is 0 Å². The van der Waals surface area contributed by atoms with Crippen molar-refractivity contribution in [2.75, 3.05) is 0 Å². The van der Waals surface area contributed by atoms with Crippen LogP contribution in [0.2, 0.25) is 0 Å². The van der Waals surface area contributed by atoms with Crippen molar-refractivity contribution in [1.29, 1.82) is 0 Å². The normalized spacial score (nSPS) is 11.7. The van der Waals surface area contributed by atoms with Crippen molar-refractivity contribution in [2.24, 2.45) is 0 Å². The lowest BCUT2D eigenvalue weighted by atomic mass is 10.1. The van der Waals surface area contributed by atoms with Gasteiger partial charge in [-0.2, -0.15) is 13.2 Å². The number of alkyl halides is 3. The smallest absolute Gasteiger partial charge is 0.166 e. The van der Waals surface area contributed by atoms with E-state index in [0.717, 1.165) is 24.1 Å². The molecule has 0 bridgehead atoms. The van der Waals surface area contributed by atoms with E-state index in [4.69, 9.17) is 0 Å². The van der Waals surface area contributed by atoms with Gasteiger partial charge >= 0.3 is 6.18 Å². The summed E-state index contributed by atoms with van der Waals surface area (Å²) >= 11 is 0. The second kappa shape index (κ2) is 3.81. The highest BCUT2D eigenvalue weighted by molar-refractivity contribution is 5.24. The Bertz CT molecular complexity index is 258. The highest BCUT2D eigenvalue weighted by Gasteiger charge is 2.29. The molecule has 0 amide bonds. The topological polar surface area (TPSA) is 0 Å². The number of halogens is 3. The molecule has 0 aliphatic carbocycles. The van der Waals surface area contributed by atoms with Crippen molar-refractivity contribution in [3.63, 3.8) is 0 Å². The summed E-state index contributed by atoms with van der Waals surface area (Å²) in [6.07, 6.45) is -2.81. The van der Waals surface area contributed by atoms with Gasteiger partial charge < -0.3 is 0 Å². The number of hydrogen-bond acceptors (Lipinski definition) is 0. The molecule has 0 atom stereocenters. The Balaban J connectivity index is 2.81. The summed E-state index contributed by atoms with van der Waals surface area (Å²) in [5.74, 6) is 0. The van der Waals surface area contributed by atoms with Gasteiger partial charge in [0.05, 0.1) is 5.56 Å². The molecule has 1 radical (unpaired) electrons. The number of benzene rings is 1. The van der Waals surface area contributed by atoms with Crippen molar-refractivity contribution >= 4 is 0 Å². The lowest BCUT2D eigenvalue weighted by Gasteiger charge is -2.06. The first-order valence-electron chi connectivity index (χ1n) is 3.99. The Morgan fingerprint density at radius 3 is 2.00 bits per heavy atom. The first-order chi connectivity index (χ1) is 6.04. The zero-order valence-corrected chi connectivity index (χ0v) is 7.06. The summed E-state index contributed by atoms with van der Waals surface area (Å²) in [6, 6.07) is 5.19. The van der Waals surface area contributed by atoms with Gasteiger partial charge in [-0.3, -0.25) is 0 Å². The minimum Gasteiger partial charge on any atom is -0.166 e. The van der Waals surface area contributed by atoms with Gasteiger partial charge in [0, 0.05) is 0 Å². The standard InChI is InChI=1S/C10H10F3/c1-2-3-8-4-6-9(7-5-8)10(11,12)13/h4-7H,1-3H2. The molecule has 0 nitrogen and oxygen atoms in total. The first kappa shape index (κ1) is 10.1. The van der Waals surface area contributed by atoms with Gasteiger partial charge in [0.25, 0.3) is 0 Å². The summed E-state index contributed by atoms with van der Waals surface area (Å²) in [5, 5.41) is 0. The Labute approximate surface area is 75.4 Å². The van der Waals surface area contributed by atoms with Crippen LogP contribution in [0.3, 0.4) is 0 Å². The number of hydrogen-bond donors (Lipinski definition) is 0. The van der Waals surface area contributed by atoms with Crippen molar-refractivity contribution in [3.05, 3.63) is 42.3 Å². The molecule has 1 aromatic carbocycles. The van der Waals surface area contributed by atoms with Crippen LogP contribution in [0.1, 0.15) is 17.5 Å². The molecule has 0 heterocycles. The van der Waals surface area contributed by atoms with Crippen LogP contribution in [0.5, 0.6) is 0 Å². The fourth-order valence-electron chi connectivity index (χ4n) is 1.06. The average Bonchev–Trinajstić information content (AvgIpc) is 2.04. The van der Waals surface area contributed by atoms with Crippen molar-refractivity contribution in [2.45, 2.75) is 19.0 Å². The molecule has 0 fully saturated rings. The van der Waals surface area contributed by atoms with E-state index in [2.05, 4.69) is 6.92 Å². The van der Waals surface area contributed by atoms with Crippen molar-refractivity contribution < 1.29 is 13.2 Å². The predicted molar refractivity (Wildman–Crippen MR) is 45.1 cm³/mol. The van der Waals surface area contributed by atoms with E-state index in [1.165, 1.54) is 12.1 Å². The zero-order chi connectivity index (χ0) is 9.90. The van der Waals surface area contributed by atoms with Crippen LogP contribution in [0, 0.1) is 6.92 Å². The maximum absolute atomic E-state index is 12.1. The van der Waals surface area contributed by atoms with Crippen LogP contribution in [-0.2, 0) is 12.6 Å². The molecule has 1 aromatic rings. The lowest BCUT2D eigenvalue weighted by Crippen LogP contribution is -2.04. The molecule has 0 spiro atoms. The van der Waals surface area contributed by atoms with Crippen LogP contribution in [0.4, 0.5) is 13.2 Å². The van der Waals surface area contributed by atoms with E-state index in [0.29, 0.717) is 6.42 Å². The molecule has 0 saturated carbocycles. The van der Waals surface area contributed by atoms with Gasteiger partial charge in [0.2, 0.25) is 0 Å².